The molecule has 1 rings (SSSR count). The minimum atomic E-state index is -0.840. The van der Waals surface area contributed by atoms with Crippen molar-refractivity contribution in [1.82, 2.24) is 5.32 Å². The average molecular weight is 204 g/mol. The van der Waals surface area contributed by atoms with Crippen LogP contribution >= 0.6 is 11.6 Å². The van der Waals surface area contributed by atoms with Crippen molar-refractivity contribution < 1.29 is 9.18 Å². The number of nitrogens with one attached hydrogen (secondary N) is 1. The van der Waals surface area contributed by atoms with Crippen molar-refractivity contribution in [2.24, 2.45) is 0 Å². The van der Waals surface area contributed by atoms with Crippen LogP contribution in [0, 0.1) is 0 Å². The Kier molecular flexibility index (Phi) is 3.09. The third-order valence-corrected chi connectivity index (χ3v) is 2.41. The number of hydrogen-bond donors (Lipinski definition) is 1. The van der Waals surface area contributed by atoms with Crippen LogP contribution in [0.25, 0.3) is 0 Å². The Labute approximate surface area is 81.5 Å². The Morgan fingerprint density at radius 1 is 1.77 bits per heavy atom. The van der Waals surface area contributed by atoms with E-state index in [-0.39, 0.29) is 5.78 Å². The summed E-state index contributed by atoms with van der Waals surface area (Å²) in [5.41, 5.74) is 0.340. The Morgan fingerprint density at radius 3 is 2.92 bits per heavy atom. The van der Waals surface area contributed by atoms with Gasteiger partial charge in [-0.25, -0.2) is 4.39 Å². The Hall–Kier alpha value is -0.830. The molecule has 0 aliphatic carbocycles. The fourth-order valence-corrected chi connectivity index (χ4v) is 1.26. The van der Waals surface area contributed by atoms with Gasteiger partial charge in [-0.2, -0.15) is 0 Å². The van der Waals surface area contributed by atoms with Gasteiger partial charge < -0.3 is 5.32 Å². The lowest BCUT2D eigenvalue weighted by Crippen LogP contribution is -2.36. The maximum absolute atomic E-state index is 13.4. The van der Waals surface area contributed by atoms with E-state index in [1.54, 1.807) is 13.8 Å². The van der Waals surface area contributed by atoms with Crippen molar-refractivity contribution in [1.29, 1.82) is 0 Å². The van der Waals surface area contributed by atoms with Crippen LogP contribution in [0.1, 0.15) is 20.3 Å². The summed E-state index contributed by atoms with van der Waals surface area (Å²) in [6, 6.07) is -0.840. The van der Waals surface area contributed by atoms with Gasteiger partial charge in [0.05, 0.1) is 5.03 Å². The normalized spacial score (nSPS) is 22.5. The van der Waals surface area contributed by atoms with Crippen LogP contribution in [0.4, 0.5) is 4.39 Å². The number of rotatable bonds is 2. The molecule has 72 valence electrons. The molecule has 0 saturated carbocycles. The summed E-state index contributed by atoms with van der Waals surface area (Å²) >= 11 is 5.66. The molecule has 1 N–H and O–H groups in total. The second-order valence-electron chi connectivity index (χ2n) is 2.88. The Bertz CT molecular complexity index is 296. The minimum absolute atomic E-state index is 0.169. The SMILES string of the molecule is CCC(=O)C1NC=C(Cl)C(C)=C1F. The molecule has 0 aromatic rings. The molecule has 0 amide bonds. The van der Waals surface area contributed by atoms with Gasteiger partial charge >= 0.3 is 0 Å². The number of carbonyl (C=O) groups excluding carboxylic acids is 1. The summed E-state index contributed by atoms with van der Waals surface area (Å²) in [7, 11) is 0. The molecule has 0 aromatic heterocycles. The largest absolute Gasteiger partial charge is 0.375 e. The minimum Gasteiger partial charge on any atom is -0.375 e. The fourth-order valence-electron chi connectivity index (χ4n) is 1.11. The topological polar surface area (TPSA) is 29.1 Å². The lowest BCUT2D eigenvalue weighted by atomic mass is 10.0. The smallest absolute Gasteiger partial charge is 0.161 e. The van der Waals surface area contributed by atoms with Crippen molar-refractivity contribution in [2.45, 2.75) is 26.3 Å². The quantitative estimate of drug-likeness (QED) is 0.746. The maximum Gasteiger partial charge on any atom is 0.161 e. The van der Waals surface area contributed by atoms with Crippen LogP contribution < -0.4 is 5.32 Å². The molecular weight excluding hydrogens is 193 g/mol. The highest BCUT2D eigenvalue weighted by Gasteiger charge is 2.26. The highest BCUT2D eigenvalue weighted by molar-refractivity contribution is 6.32. The number of Topliss-reactive ketones (excluding diaryl/α,β-unsaturated/α-hetero) is 1. The standard InChI is InChI=1S/C9H11ClFNO/c1-3-7(13)9-8(11)5(2)6(10)4-12-9/h4,9,12H,3H2,1-2H3. The predicted molar refractivity (Wildman–Crippen MR) is 50.0 cm³/mol. The first kappa shape index (κ1) is 10.3. The number of halogens is 2. The number of carbonyl (C=O) groups is 1. The fraction of sp³-hybridized carbons (Fsp3) is 0.444. The predicted octanol–water partition coefficient (Wildman–Crippen LogP) is 2.26. The summed E-state index contributed by atoms with van der Waals surface area (Å²) in [6.45, 7) is 3.26. The lowest BCUT2D eigenvalue weighted by Gasteiger charge is -2.20. The summed E-state index contributed by atoms with van der Waals surface area (Å²) in [5, 5.41) is 2.94. The van der Waals surface area contributed by atoms with Crippen molar-refractivity contribution in [3.8, 4) is 0 Å². The van der Waals surface area contributed by atoms with Crippen LogP contribution in [-0.4, -0.2) is 11.8 Å². The molecule has 1 unspecified atom stereocenters. The van der Waals surface area contributed by atoms with Gasteiger partial charge in [-0.15, -0.1) is 0 Å². The molecule has 0 aromatic carbocycles. The van der Waals surface area contributed by atoms with E-state index in [1.165, 1.54) is 6.20 Å². The zero-order chi connectivity index (χ0) is 10.0. The molecule has 0 spiro atoms. The van der Waals surface area contributed by atoms with Crippen molar-refractivity contribution >= 4 is 17.4 Å². The van der Waals surface area contributed by atoms with E-state index in [9.17, 15) is 9.18 Å². The van der Waals surface area contributed by atoms with Gasteiger partial charge in [-0.3, -0.25) is 4.79 Å². The van der Waals surface area contributed by atoms with Crippen LogP contribution in [0.5, 0.6) is 0 Å². The van der Waals surface area contributed by atoms with Crippen LogP contribution in [0.15, 0.2) is 22.6 Å². The third-order valence-electron chi connectivity index (χ3n) is 2.02. The summed E-state index contributed by atoms with van der Waals surface area (Å²) in [6.07, 6.45) is 1.77. The van der Waals surface area contributed by atoms with Crippen molar-refractivity contribution in [2.75, 3.05) is 0 Å². The number of allylic oxidation sites excluding steroid dienone is 2. The molecular formula is C9H11ClFNO. The van der Waals surface area contributed by atoms with E-state index in [1.807, 2.05) is 0 Å². The third kappa shape index (κ3) is 1.91. The van der Waals surface area contributed by atoms with Crippen molar-refractivity contribution in [3.05, 3.63) is 22.6 Å². The zero-order valence-electron chi connectivity index (χ0n) is 7.53. The van der Waals surface area contributed by atoms with Gasteiger partial charge in [-0.05, 0) is 6.92 Å². The molecule has 1 aliphatic heterocycles. The van der Waals surface area contributed by atoms with Gasteiger partial charge in [0.25, 0.3) is 0 Å². The van der Waals surface area contributed by atoms with Gasteiger partial charge in [0.1, 0.15) is 11.9 Å². The van der Waals surface area contributed by atoms with Crippen LogP contribution in [-0.2, 0) is 4.79 Å². The van der Waals surface area contributed by atoms with E-state index in [0.717, 1.165) is 0 Å². The molecule has 1 heterocycles. The first-order valence-corrected chi connectivity index (χ1v) is 4.46. The summed E-state index contributed by atoms with van der Waals surface area (Å²) in [5.74, 6) is -0.642. The Balaban J connectivity index is 2.92. The van der Waals surface area contributed by atoms with E-state index < -0.39 is 11.9 Å². The molecule has 4 heteroatoms. The molecule has 0 bridgehead atoms. The average Bonchev–Trinajstić information content (AvgIpc) is 2.13. The monoisotopic (exact) mass is 203 g/mol. The van der Waals surface area contributed by atoms with E-state index in [0.29, 0.717) is 17.0 Å². The number of dihydropyridines is 1. The Morgan fingerprint density at radius 2 is 2.38 bits per heavy atom. The van der Waals surface area contributed by atoms with E-state index >= 15 is 0 Å². The second-order valence-corrected chi connectivity index (χ2v) is 3.29. The van der Waals surface area contributed by atoms with Gasteiger partial charge in [0.15, 0.2) is 5.78 Å². The molecule has 13 heavy (non-hydrogen) atoms. The molecule has 1 atom stereocenters. The number of ketones is 1. The van der Waals surface area contributed by atoms with Gasteiger partial charge in [0.2, 0.25) is 0 Å². The van der Waals surface area contributed by atoms with Gasteiger partial charge in [0, 0.05) is 18.2 Å². The van der Waals surface area contributed by atoms with Crippen LogP contribution in [0.3, 0.4) is 0 Å². The first-order valence-electron chi connectivity index (χ1n) is 4.09. The first-order chi connectivity index (χ1) is 6.07. The summed E-state index contributed by atoms with van der Waals surface area (Å²) in [4.78, 5) is 11.2. The zero-order valence-corrected chi connectivity index (χ0v) is 8.28. The van der Waals surface area contributed by atoms with Crippen molar-refractivity contribution in [3.63, 3.8) is 0 Å². The molecule has 0 radical (unpaired) electrons. The number of hydrogen-bond acceptors (Lipinski definition) is 2. The van der Waals surface area contributed by atoms with E-state index in [2.05, 4.69) is 5.32 Å². The summed E-state index contributed by atoms with van der Waals surface area (Å²) < 4.78 is 13.4. The van der Waals surface area contributed by atoms with Gasteiger partial charge in [-0.1, -0.05) is 18.5 Å². The maximum atomic E-state index is 13.4. The lowest BCUT2D eigenvalue weighted by molar-refractivity contribution is -0.120. The van der Waals surface area contributed by atoms with E-state index in [4.69, 9.17) is 11.6 Å². The highest BCUT2D eigenvalue weighted by atomic mass is 35.5. The second kappa shape index (κ2) is 3.92. The highest BCUT2D eigenvalue weighted by Crippen LogP contribution is 2.25. The molecule has 1 aliphatic rings. The van der Waals surface area contributed by atoms with Crippen LogP contribution in [0.2, 0.25) is 0 Å². The molecule has 0 saturated heterocycles. The molecule has 2 nitrogen and oxygen atoms in total. The molecule has 0 fully saturated rings.